The van der Waals surface area contributed by atoms with Gasteiger partial charge in [0.1, 0.15) is 5.54 Å². The average Bonchev–Trinajstić information content (AvgIpc) is 3.55. The highest BCUT2D eigenvalue weighted by Gasteiger charge is 2.69. The largest absolute Gasteiger partial charge is 0.361 e. The van der Waals surface area contributed by atoms with Crippen molar-refractivity contribution in [1.29, 1.82) is 0 Å². The summed E-state index contributed by atoms with van der Waals surface area (Å²) in [6.45, 7) is 0. The standard InChI is InChI=1S/C26H21N5O2/c1-31-24(32)20-19(12-14-13-29-18-9-3-2-6-15(14)18)30-26(21(20)25(31)33)22-16(7-4-10-27-22)17-8-5-11-28-23(17)26/h2-11,13,19-21,29-30H,12H2,1H3/t19?,20-,21+/m1/s1. The van der Waals surface area contributed by atoms with Crippen molar-refractivity contribution in [2.24, 2.45) is 11.8 Å². The molecule has 1 aliphatic carbocycles. The summed E-state index contributed by atoms with van der Waals surface area (Å²) >= 11 is 0. The molecule has 0 bridgehead atoms. The van der Waals surface area contributed by atoms with E-state index in [1.807, 2.05) is 48.7 Å². The number of aromatic nitrogens is 3. The molecule has 3 aliphatic rings. The molecule has 2 saturated heterocycles. The number of imide groups is 1. The third-order valence-electron chi connectivity index (χ3n) is 7.65. The SMILES string of the molecule is CN1C(=O)[C@@H]2C(Cc3c[nH]c4ccccc34)NC3(c4ncccc4-c4cccnc43)[C@@H]2C1=O. The summed E-state index contributed by atoms with van der Waals surface area (Å²) in [5, 5.41) is 4.89. The molecule has 33 heavy (non-hydrogen) atoms. The van der Waals surface area contributed by atoms with Crippen LogP contribution < -0.4 is 5.32 Å². The van der Waals surface area contributed by atoms with Gasteiger partial charge in [0.2, 0.25) is 11.8 Å². The zero-order valence-corrected chi connectivity index (χ0v) is 17.9. The van der Waals surface area contributed by atoms with Crippen LogP contribution in [-0.4, -0.2) is 44.8 Å². The number of aromatic amines is 1. The summed E-state index contributed by atoms with van der Waals surface area (Å²) in [5.41, 5.74) is 4.75. The van der Waals surface area contributed by atoms with Crippen molar-refractivity contribution >= 4 is 22.7 Å². The molecular weight excluding hydrogens is 414 g/mol. The van der Waals surface area contributed by atoms with Crippen LogP contribution in [0.2, 0.25) is 0 Å². The zero-order valence-electron chi connectivity index (χ0n) is 17.9. The van der Waals surface area contributed by atoms with Crippen LogP contribution in [0.15, 0.2) is 67.1 Å². The third kappa shape index (κ3) is 2.22. The van der Waals surface area contributed by atoms with Crippen LogP contribution >= 0.6 is 0 Å². The van der Waals surface area contributed by atoms with E-state index in [-0.39, 0.29) is 17.9 Å². The zero-order chi connectivity index (χ0) is 22.3. The normalized spacial score (nSPS) is 24.5. The number of pyridine rings is 2. The fraction of sp³-hybridized carbons (Fsp3) is 0.231. The maximum absolute atomic E-state index is 13.5. The van der Waals surface area contributed by atoms with E-state index < -0.39 is 17.4 Å². The van der Waals surface area contributed by atoms with Crippen LogP contribution in [-0.2, 0) is 21.5 Å². The molecule has 1 spiro atoms. The van der Waals surface area contributed by atoms with Gasteiger partial charge in [0, 0.05) is 53.7 Å². The molecule has 2 aliphatic heterocycles. The monoisotopic (exact) mass is 435 g/mol. The first-order valence-electron chi connectivity index (χ1n) is 11.2. The van der Waals surface area contributed by atoms with E-state index in [9.17, 15) is 9.59 Å². The number of nitrogens with zero attached hydrogens (tertiary/aromatic N) is 3. The van der Waals surface area contributed by atoms with Gasteiger partial charge in [-0.3, -0.25) is 29.8 Å². The van der Waals surface area contributed by atoms with E-state index in [1.165, 1.54) is 4.90 Å². The van der Waals surface area contributed by atoms with Crippen molar-refractivity contribution < 1.29 is 9.59 Å². The number of nitrogens with one attached hydrogen (secondary N) is 2. The fourth-order valence-corrected chi connectivity index (χ4v) is 6.30. The molecule has 2 N–H and O–H groups in total. The summed E-state index contributed by atoms with van der Waals surface area (Å²) in [4.78, 5) is 41.0. The molecule has 3 atom stereocenters. The Bertz CT molecular complexity index is 1430. The van der Waals surface area contributed by atoms with Gasteiger partial charge in [-0.25, -0.2) is 0 Å². The molecular formula is C26H21N5O2. The van der Waals surface area contributed by atoms with Crippen molar-refractivity contribution in [1.82, 2.24) is 25.2 Å². The van der Waals surface area contributed by atoms with Crippen molar-refractivity contribution in [3.05, 3.63) is 84.1 Å². The van der Waals surface area contributed by atoms with Crippen LogP contribution in [0.4, 0.5) is 0 Å². The third-order valence-corrected chi connectivity index (χ3v) is 7.65. The molecule has 2 amide bonds. The van der Waals surface area contributed by atoms with Crippen molar-refractivity contribution in [3.8, 4) is 11.1 Å². The van der Waals surface area contributed by atoms with Crippen LogP contribution in [0.1, 0.15) is 17.0 Å². The maximum Gasteiger partial charge on any atom is 0.235 e. The lowest BCUT2D eigenvalue weighted by Crippen LogP contribution is -2.49. The molecule has 5 heterocycles. The van der Waals surface area contributed by atoms with E-state index in [0.29, 0.717) is 6.42 Å². The minimum atomic E-state index is -0.924. The Kier molecular flexibility index (Phi) is 3.60. The average molecular weight is 435 g/mol. The fourth-order valence-electron chi connectivity index (χ4n) is 6.30. The Balaban J connectivity index is 1.43. The highest BCUT2D eigenvalue weighted by atomic mass is 16.2. The van der Waals surface area contributed by atoms with Crippen LogP contribution in [0, 0.1) is 11.8 Å². The first-order chi connectivity index (χ1) is 16.1. The topological polar surface area (TPSA) is 91.0 Å². The molecule has 2 fully saturated rings. The lowest BCUT2D eigenvalue weighted by molar-refractivity contribution is -0.139. The number of hydrogen-bond acceptors (Lipinski definition) is 5. The second-order valence-corrected chi connectivity index (χ2v) is 9.16. The van der Waals surface area contributed by atoms with E-state index in [0.717, 1.165) is 39.0 Å². The summed E-state index contributed by atoms with van der Waals surface area (Å²) in [5.74, 6) is -1.39. The predicted octanol–water partition coefficient (Wildman–Crippen LogP) is 2.63. The van der Waals surface area contributed by atoms with Gasteiger partial charge in [0.15, 0.2) is 0 Å². The van der Waals surface area contributed by atoms with E-state index in [4.69, 9.17) is 9.97 Å². The summed E-state index contributed by atoms with van der Waals surface area (Å²) in [6.07, 6.45) is 6.12. The van der Waals surface area contributed by atoms with Crippen LogP contribution in [0.5, 0.6) is 0 Å². The molecule has 4 aromatic rings. The number of likely N-dealkylation sites (tertiary alicyclic amines) is 1. The number of H-pyrrole nitrogens is 1. The van der Waals surface area contributed by atoms with Gasteiger partial charge in [0.25, 0.3) is 0 Å². The molecule has 3 aromatic heterocycles. The van der Waals surface area contributed by atoms with Crippen molar-refractivity contribution in [3.63, 3.8) is 0 Å². The molecule has 7 nitrogen and oxygen atoms in total. The number of amides is 2. The van der Waals surface area contributed by atoms with Crippen molar-refractivity contribution in [2.75, 3.05) is 7.05 Å². The number of para-hydroxylation sites is 1. The van der Waals surface area contributed by atoms with Gasteiger partial charge in [-0.1, -0.05) is 30.3 Å². The summed E-state index contributed by atoms with van der Waals surface area (Å²) in [7, 11) is 1.59. The molecule has 0 radical (unpaired) electrons. The minimum absolute atomic E-state index is 0.138. The van der Waals surface area contributed by atoms with Crippen molar-refractivity contribution in [2.45, 2.75) is 18.0 Å². The lowest BCUT2D eigenvalue weighted by Gasteiger charge is -2.31. The van der Waals surface area contributed by atoms with Gasteiger partial charge >= 0.3 is 0 Å². The van der Waals surface area contributed by atoms with Gasteiger partial charge < -0.3 is 4.98 Å². The number of hydrogen-bond donors (Lipinski definition) is 2. The van der Waals surface area contributed by atoms with Crippen LogP contribution in [0.3, 0.4) is 0 Å². The first kappa shape index (κ1) is 18.7. The minimum Gasteiger partial charge on any atom is -0.361 e. The molecule has 7 rings (SSSR count). The smallest absolute Gasteiger partial charge is 0.235 e. The van der Waals surface area contributed by atoms with Gasteiger partial charge in [0.05, 0.1) is 23.2 Å². The highest BCUT2D eigenvalue weighted by molar-refractivity contribution is 6.07. The second-order valence-electron chi connectivity index (χ2n) is 9.16. The van der Waals surface area contributed by atoms with Gasteiger partial charge in [-0.15, -0.1) is 0 Å². The van der Waals surface area contributed by atoms with E-state index in [1.54, 1.807) is 19.4 Å². The number of fused-ring (bicyclic) bond motifs is 8. The quantitative estimate of drug-likeness (QED) is 0.473. The lowest BCUT2D eigenvalue weighted by atomic mass is 9.77. The molecule has 7 heteroatoms. The predicted molar refractivity (Wildman–Crippen MR) is 122 cm³/mol. The Labute approximate surface area is 189 Å². The molecule has 1 aromatic carbocycles. The number of rotatable bonds is 2. The molecule has 0 saturated carbocycles. The van der Waals surface area contributed by atoms with E-state index >= 15 is 0 Å². The maximum atomic E-state index is 13.5. The highest BCUT2D eigenvalue weighted by Crippen LogP contribution is 2.57. The Morgan fingerprint density at radius 2 is 1.64 bits per heavy atom. The number of benzene rings is 1. The summed E-state index contributed by atoms with van der Waals surface area (Å²) in [6, 6.07) is 15.7. The molecule has 162 valence electrons. The Morgan fingerprint density at radius 1 is 0.939 bits per heavy atom. The summed E-state index contributed by atoms with van der Waals surface area (Å²) < 4.78 is 0. The first-order valence-corrected chi connectivity index (χ1v) is 11.2. The number of carbonyl (C=O) groups is 2. The van der Waals surface area contributed by atoms with Crippen LogP contribution in [0.25, 0.3) is 22.0 Å². The second kappa shape index (κ2) is 6.36. The Morgan fingerprint density at radius 3 is 2.36 bits per heavy atom. The number of carbonyl (C=O) groups excluding carboxylic acids is 2. The van der Waals surface area contributed by atoms with Gasteiger partial charge in [-0.05, 0) is 30.2 Å². The Hall–Kier alpha value is -3.84. The van der Waals surface area contributed by atoms with E-state index in [2.05, 4.69) is 16.4 Å². The van der Waals surface area contributed by atoms with Gasteiger partial charge in [-0.2, -0.15) is 0 Å². The molecule has 1 unspecified atom stereocenters.